The predicted molar refractivity (Wildman–Crippen MR) is 81.3 cm³/mol. The molecule has 0 bridgehead atoms. The van der Waals surface area contributed by atoms with E-state index in [1.807, 2.05) is 23.9 Å². The fourth-order valence-electron chi connectivity index (χ4n) is 2.09. The maximum atomic E-state index is 6.01. The van der Waals surface area contributed by atoms with Crippen LogP contribution in [-0.4, -0.2) is 33.7 Å². The molecule has 0 N–H and O–H groups in total. The van der Waals surface area contributed by atoms with Gasteiger partial charge in [-0.3, -0.25) is 0 Å². The molecule has 0 amide bonds. The second-order valence-corrected chi connectivity index (χ2v) is 5.61. The molecule has 2 aromatic rings. The normalized spacial score (nSPS) is 12.8. The first-order valence-corrected chi connectivity index (χ1v) is 8.10. The van der Waals surface area contributed by atoms with Crippen molar-refractivity contribution in [1.29, 1.82) is 0 Å². The Balaban J connectivity index is 2.48. The lowest BCUT2D eigenvalue weighted by atomic mass is 10.2. The Morgan fingerprint density at radius 3 is 2.84 bits per heavy atom. The zero-order valence-corrected chi connectivity index (χ0v) is 13.0. The van der Waals surface area contributed by atoms with Crippen LogP contribution in [0.1, 0.15) is 25.2 Å². The number of imidazole rings is 1. The number of aromatic nitrogens is 3. The number of methoxy groups -OCH3 is 1. The van der Waals surface area contributed by atoms with Crippen LogP contribution in [0.4, 0.5) is 0 Å². The maximum Gasteiger partial charge on any atom is 0.215 e. The van der Waals surface area contributed by atoms with E-state index in [9.17, 15) is 0 Å². The number of nitrogens with zero attached hydrogens (tertiary/aromatic N) is 3. The molecular weight excluding hydrogens is 282 g/mol. The third-order valence-electron chi connectivity index (χ3n) is 3.09. The lowest BCUT2D eigenvalue weighted by Crippen LogP contribution is -2.10. The van der Waals surface area contributed by atoms with Crippen LogP contribution in [0.5, 0.6) is 5.88 Å². The third-order valence-corrected chi connectivity index (χ3v) is 3.98. The zero-order valence-electron chi connectivity index (χ0n) is 11.4. The molecule has 0 aromatic carbocycles. The highest BCUT2D eigenvalue weighted by Gasteiger charge is 2.16. The van der Waals surface area contributed by atoms with E-state index < -0.39 is 0 Å². The van der Waals surface area contributed by atoms with E-state index in [-0.39, 0.29) is 0 Å². The van der Waals surface area contributed by atoms with E-state index in [2.05, 4.69) is 27.7 Å². The molecule has 2 rings (SSSR count). The lowest BCUT2D eigenvalue weighted by molar-refractivity contribution is 0.398. The largest absolute Gasteiger partial charge is 0.481 e. The molecule has 0 aliphatic rings. The molecule has 0 spiro atoms. The number of thioether (sulfide) groups is 1. The highest BCUT2D eigenvalue weighted by atomic mass is 35.5. The summed E-state index contributed by atoms with van der Waals surface area (Å²) in [6.07, 6.45) is 3.18. The van der Waals surface area contributed by atoms with Gasteiger partial charge >= 0.3 is 0 Å². The number of rotatable bonds is 6. The van der Waals surface area contributed by atoms with Gasteiger partial charge in [0.1, 0.15) is 11.3 Å². The number of hydrogen-bond donors (Lipinski definition) is 0. The van der Waals surface area contributed by atoms with Gasteiger partial charge in [-0.15, -0.1) is 11.6 Å². The number of halogens is 1. The van der Waals surface area contributed by atoms with Crippen molar-refractivity contribution < 1.29 is 4.74 Å². The highest BCUT2D eigenvalue weighted by Crippen LogP contribution is 2.25. The standard InChI is InChI=1S/C13H18ClN3OS/c1-9(6-7-19-3)17-11(8-14)15-10-4-5-12(18-2)16-13(10)17/h4-5,9H,6-8H2,1-3H3. The maximum absolute atomic E-state index is 6.01. The van der Waals surface area contributed by atoms with E-state index in [0.29, 0.717) is 17.8 Å². The monoisotopic (exact) mass is 299 g/mol. The fraction of sp³-hybridized carbons (Fsp3) is 0.538. The van der Waals surface area contributed by atoms with Crippen LogP contribution >= 0.6 is 23.4 Å². The number of pyridine rings is 1. The van der Waals surface area contributed by atoms with Crippen molar-refractivity contribution in [2.75, 3.05) is 19.1 Å². The van der Waals surface area contributed by atoms with Gasteiger partial charge in [0.2, 0.25) is 5.88 Å². The second-order valence-electron chi connectivity index (χ2n) is 4.36. The van der Waals surface area contributed by atoms with Gasteiger partial charge in [0.05, 0.1) is 13.0 Å². The summed E-state index contributed by atoms with van der Waals surface area (Å²) in [5.74, 6) is 2.97. The van der Waals surface area contributed by atoms with Crippen LogP contribution in [-0.2, 0) is 5.88 Å². The van der Waals surface area contributed by atoms with Gasteiger partial charge in [0.15, 0.2) is 5.65 Å². The fourth-order valence-corrected chi connectivity index (χ4v) is 2.86. The summed E-state index contributed by atoms with van der Waals surface area (Å²) in [5.41, 5.74) is 1.72. The first-order chi connectivity index (χ1) is 9.21. The quantitative estimate of drug-likeness (QED) is 0.766. The van der Waals surface area contributed by atoms with E-state index >= 15 is 0 Å². The Bertz CT molecular complexity index is 558. The number of hydrogen-bond acceptors (Lipinski definition) is 4. The van der Waals surface area contributed by atoms with Crippen LogP contribution in [0, 0.1) is 0 Å². The summed E-state index contributed by atoms with van der Waals surface area (Å²) in [5, 5.41) is 0. The molecule has 2 aromatic heterocycles. The molecule has 19 heavy (non-hydrogen) atoms. The number of ether oxygens (including phenoxy) is 1. The van der Waals surface area contributed by atoms with Gasteiger partial charge in [-0.25, -0.2) is 4.98 Å². The first kappa shape index (κ1) is 14.5. The predicted octanol–water partition coefficient (Wildman–Crippen LogP) is 3.49. The molecule has 6 heteroatoms. The summed E-state index contributed by atoms with van der Waals surface area (Å²) >= 11 is 7.85. The summed E-state index contributed by atoms with van der Waals surface area (Å²) < 4.78 is 7.32. The topological polar surface area (TPSA) is 39.9 Å². The van der Waals surface area contributed by atoms with Crippen LogP contribution in [0.3, 0.4) is 0 Å². The van der Waals surface area contributed by atoms with Crippen molar-refractivity contribution in [3.8, 4) is 5.88 Å². The molecule has 4 nitrogen and oxygen atoms in total. The molecule has 0 radical (unpaired) electrons. The van der Waals surface area contributed by atoms with Crippen molar-refractivity contribution in [2.24, 2.45) is 0 Å². The molecule has 2 heterocycles. The molecule has 1 unspecified atom stereocenters. The van der Waals surface area contributed by atoms with Gasteiger partial charge in [-0.1, -0.05) is 0 Å². The second kappa shape index (κ2) is 6.48. The smallest absolute Gasteiger partial charge is 0.215 e. The summed E-state index contributed by atoms with van der Waals surface area (Å²) in [4.78, 5) is 9.05. The zero-order chi connectivity index (χ0) is 13.8. The number of alkyl halides is 1. The van der Waals surface area contributed by atoms with E-state index in [1.165, 1.54) is 0 Å². The highest BCUT2D eigenvalue weighted by molar-refractivity contribution is 7.98. The van der Waals surface area contributed by atoms with E-state index in [1.54, 1.807) is 7.11 Å². The lowest BCUT2D eigenvalue weighted by Gasteiger charge is -2.15. The van der Waals surface area contributed by atoms with Gasteiger partial charge in [-0.2, -0.15) is 16.7 Å². The Hall–Kier alpha value is -0.940. The van der Waals surface area contributed by atoms with E-state index in [4.69, 9.17) is 16.3 Å². The van der Waals surface area contributed by atoms with Crippen LogP contribution in [0.15, 0.2) is 12.1 Å². The Morgan fingerprint density at radius 1 is 1.42 bits per heavy atom. The van der Waals surface area contributed by atoms with Crippen molar-refractivity contribution in [3.05, 3.63) is 18.0 Å². The van der Waals surface area contributed by atoms with Crippen molar-refractivity contribution >= 4 is 34.5 Å². The van der Waals surface area contributed by atoms with E-state index in [0.717, 1.165) is 29.2 Å². The molecule has 0 saturated carbocycles. The van der Waals surface area contributed by atoms with Crippen LogP contribution in [0.2, 0.25) is 0 Å². The minimum atomic E-state index is 0.325. The molecule has 0 saturated heterocycles. The minimum Gasteiger partial charge on any atom is -0.481 e. The molecule has 0 aliphatic carbocycles. The third kappa shape index (κ3) is 2.98. The summed E-state index contributed by atoms with van der Waals surface area (Å²) in [7, 11) is 1.62. The summed E-state index contributed by atoms with van der Waals surface area (Å²) in [6, 6.07) is 4.07. The molecule has 0 fully saturated rings. The average molecular weight is 300 g/mol. The van der Waals surface area contributed by atoms with Crippen molar-refractivity contribution in [1.82, 2.24) is 14.5 Å². The van der Waals surface area contributed by atoms with Gasteiger partial charge in [0.25, 0.3) is 0 Å². The SMILES string of the molecule is COc1ccc2nc(CCl)n(C(C)CCSC)c2n1. The van der Waals surface area contributed by atoms with Gasteiger partial charge in [-0.05, 0) is 31.4 Å². The van der Waals surface area contributed by atoms with Gasteiger partial charge < -0.3 is 9.30 Å². The number of fused-ring (bicyclic) bond motifs is 1. The Kier molecular flexibility index (Phi) is 4.93. The summed E-state index contributed by atoms with van der Waals surface area (Å²) in [6.45, 7) is 2.18. The Morgan fingerprint density at radius 2 is 2.21 bits per heavy atom. The molecular formula is C13H18ClN3OS. The van der Waals surface area contributed by atoms with Crippen LogP contribution < -0.4 is 4.74 Å². The minimum absolute atomic E-state index is 0.325. The molecule has 1 atom stereocenters. The molecule has 0 aliphatic heterocycles. The Labute approximate surface area is 122 Å². The average Bonchev–Trinajstić information content (AvgIpc) is 2.82. The van der Waals surface area contributed by atoms with Gasteiger partial charge in [0, 0.05) is 12.1 Å². The van der Waals surface area contributed by atoms with Crippen LogP contribution in [0.25, 0.3) is 11.2 Å². The first-order valence-electron chi connectivity index (χ1n) is 6.18. The van der Waals surface area contributed by atoms with Crippen molar-refractivity contribution in [2.45, 2.75) is 25.3 Å². The van der Waals surface area contributed by atoms with Crippen molar-refractivity contribution in [3.63, 3.8) is 0 Å². The molecule has 104 valence electrons.